The van der Waals surface area contributed by atoms with E-state index in [9.17, 15) is 9.59 Å². The highest BCUT2D eigenvalue weighted by Gasteiger charge is 2.22. The Hall–Kier alpha value is -3.52. The number of ether oxygens (including phenoxy) is 1. The smallest absolute Gasteiger partial charge is 0.339 e. The first-order chi connectivity index (χ1) is 13.5. The van der Waals surface area contributed by atoms with Gasteiger partial charge >= 0.3 is 5.97 Å². The third-order valence-corrected chi connectivity index (χ3v) is 5.04. The van der Waals surface area contributed by atoms with Gasteiger partial charge in [-0.25, -0.2) is 14.5 Å². The molecule has 1 amide bonds. The van der Waals surface area contributed by atoms with Gasteiger partial charge in [0.25, 0.3) is 5.91 Å². The van der Waals surface area contributed by atoms with Gasteiger partial charge < -0.3 is 10.5 Å². The topological polar surface area (TPSA) is 100 Å². The number of aromatic nitrogens is 3. The first-order valence-electron chi connectivity index (χ1n) is 8.49. The molecule has 0 radical (unpaired) electrons. The molecule has 0 unspecified atom stereocenters. The van der Waals surface area contributed by atoms with Crippen molar-refractivity contribution in [1.82, 2.24) is 14.8 Å². The summed E-state index contributed by atoms with van der Waals surface area (Å²) in [6.45, 7) is 1.32. The average Bonchev–Trinajstić information content (AvgIpc) is 3.34. The zero-order valence-electron chi connectivity index (χ0n) is 15.0. The largest absolute Gasteiger partial charge is 0.452 e. The fourth-order valence-corrected chi connectivity index (χ4v) is 3.65. The predicted octanol–water partition coefficient (Wildman–Crippen LogP) is 3.10. The zero-order valence-corrected chi connectivity index (χ0v) is 15.8. The number of thiophene rings is 1. The summed E-state index contributed by atoms with van der Waals surface area (Å²) in [4.78, 5) is 29.4. The third-order valence-electron chi connectivity index (χ3n) is 4.15. The van der Waals surface area contributed by atoms with Crippen LogP contribution in [0.15, 0.2) is 53.9 Å². The number of benzene rings is 1. The maximum atomic E-state index is 12.7. The van der Waals surface area contributed by atoms with Gasteiger partial charge in [-0.05, 0) is 36.6 Å². The summed E-state index contributed by atoms with van der Waals surface area (Å²) in [5.74, 6) is -1.35. The van der Waals surface area contributed by atoms with E-state index in [0.717, 1.165) is 10.6 Å². The first kappa shape index (κ1) is 17.9. The molecule has 1 aromatic carbocycles. The summed E-state index contributed by atoms with van der Waals surface area (Å²) < 4.78 is 6.77. The van der Waals surface area contributed by atoms with Crippen LogP contribution in [0.25, 0.3) is 27.3 Å². The molecule has 0 aliphatic heterocycles. The Morgan fingerprint density at radius 3 is 2.64 bits per heavy atom. The molecule has 0 aliphatic carbocycles. The Labute approximate surface area is 164 Å². The number of primary amides is 1. The number of fused-ring (bicyclic) bond motifs is 1. The number of hydrogen-bond acceptors (Lipinski definition) is 6. The summed E-state index contributed by atoms with van der Waals surface area (Å²) in [6.07, 6.45) is 0. The lowest BCUT2D eigenvalue weighted by Gasteiger charge is -2.08. The molecule has 3 aromatic heterocycles. The second kappa shape index (κ2) is 7.24. The molecule has 0 aliphatic rings. The zero-order chi connectivity index (χ0) is 19.7. The maximum absolute atomic E-state index is 12.7. The van der Waals surface area contributed by atoms with Crippen molar-refractivity contribution in [3.05, 3.63) is 65.2 Å². The van der Waals surface area contributed by atoms with Gasteiger partial charge in [0.15, 0.2) is 12.3 Å². The summed E-state index contributed by atoms with van der Waals surface area (Å²) in [5.41, 5.74) is 8.04. The van der Waals surface area contributed by atoms with E-state index in [2.05, 4.69) is 5.10 Å². The van der Waals surface area contributed by atoms with Crippen LogP contribution in [-0.4, -0.2) is 33.2 Å². The number of rotatable bonds is 5. The number of aryl methyl sites for hydroxylation is 1. The fraction of sp³-hybridized carbons (Fsp3) is 0.100. The SMILES string of the molecule is Cc1nn(-c2ccccc2)c2nc(-c3cccs3)cc(C(=O)OCC(N)=O)c12. The minimum atomic E-state index is -0.714. The Bertz CT molecular complexity index is 1170. The third kappa shape index (κ3) is 3.25. The van der Waals surface area contributed by atoms with Crippen molar-refractivity contribution in [2.75, 3.05) is 6.61 Å². The van der Waals surface area contributed by atoms with Gasteiger partial charge in [0.1, 0.15) is 0 Å². The van der Waals surface area contributed by atoms with E-state index in [1.807, 2.05) is 47.8 Å². The highest BCUT2D eigenvalue weighted by atomic mass is 32.1. The molecule has 2 N–H and O–H groups in total. The van der Waals surface area contributed by atoms with Gasteiger partial charge in [-0.15, -0.1) is 11.3 Å². The van der Waals surface area contributed by atoms with Crippen molar-refractivity contribution in [2.45, 2.75) is 6.92 Å². The summed E-state index contributed by atoms with van der Waals surface area (Å²) in [6, 6.07) is 15.1. The van der Waals surface area contributed by atoms with Gasteiger partial charge in [0.2, 0.25) is 0 Å². The standard InChI is InChI=1S/C20H16N4O3S/c1-12-18-14(20(26)27-11-17(21)25)10-15(16-8-5-9-28-16)22-19(18)24(23-12)13-6-3-2-4-7-13/h2-10H,11H2,1H3,(H2,21,25). The normalized spacial score (nSPS) is 10.9. The highest BCUT2D eigenvalue weighted by molar-refractivity contribution is 7.13. The molecule has 4 rings (SSSR count). The van der Waals surface area contributed by atoms with Crippen LogP contribution in [0.3, 0.4) is 0 Å². The van der Waals surface area contributed by atoms with E-state index in [0.29, 0.717) is 28.0 Å². The van der Waals surface area contributed by atoms with Crippen LogP contribution in [0.5, 0.6) is 0 Å². The monoisotopic (exact) mass is 392 g/mol. The Morgan fingerprint density at radius 1 is 1.18 bits per heavy atom. The van der Waals surface area contributed by atoms with Crippen LogP contribution in [0, 0.1) is 6.92 Å². The molecule has 28 heavy (non-hydrogen) atoms. The summed E-state index contributed by atoms with van der Waals surface area (Å²) >= 11 is 1.51. The predicted molar refractivity (Wildman–Crippen MR) is 106 cm³/mol. The Balaban J connectivity index is 1.95. The number of para-hydroxylation sites is 1. The minimum absolute atomic E-state index is 0.300. The van der Waals surface area contributed by atoms with Crippen LogP contribution in [0.1, 0.15) is 16.1 Å². The lowest BCUT2D eigenvalue weighted by atomic mass is 10.1. The second-order valence-electron chi connectivity index (χ2n) is 6.11. The molecule has 0 saturated heterocycles. The van der Waals surface area contributed by atoms with Crippen molar-refractivity contribution in [2.24, 2.45) is 5.73 Å². The van der Waals surface area contributed by atoms with E-state index in [4.69, 9.17) is 15.5 Å². The number of hydrogen-bond donors (Lipinski definition) is 1. The van der Waals surface area contributed by atoms with Crippen molar-refractivity contribution in [1.29, 1.82) is 0 Å². The number of carbonyl (C=O) groups is 2. The van der Waals surface area contributed by atoms with Gasteiger partial charge in [-0.1, -0.05) is 24.3 Å². The van der Waals surface area contributed by atoms with Crippen molar-refractivity contribution in [3.63, 3.8) is 0 Å². The quantitative estimate of drug-likeness (QED) is 0.526. The summed E-state index contributed by atoms with van der Waals surface area (Å²) in [5, 5.41) is 7.10. The van der Waals surface area contributed by atoms with E-state index in [1.165, 1.54) is 11.3 Å². The molecular weight excluding hydrogens is 376 g/mol. The number of nitrogens with zero attached hydrogens (tertiary/aromatic N) is 3. The minimum Gasteiger partial charge on any atom is -0.452 e. The van der Waals surface area contributed by atoms with Gasteiger partial charge in [-0.2, -0.15) is 5.10 Å². The Kier molecular flexibility index (Phi) is 4.62. The first-order valence-corrected chi connectivity index (χ1v) is 9.37. The highest BCUT2D eigenvalue weighted by Crippen LogP contribution is 2.31. The molecule has 3 heterocycles. The molecule has 7 nitrogen and oxygen atoms in total. The van der Waals surface area contributed by atoms with Crippen LogP contribution in [0.2, 0.25) is 0 Å². The van der Waals surface area contributed by atoms with Crippen LogP contribution in [-0.2, 0) is 9.53 Å². The molecule has 0 atom stereocenters. The lowest BCUT2D eigenvalue weighted by Crippen LogP contribution is -2.21. The number of esters is 1. The lowest BCUT2D eigenvalue weighted by molar-refractivity contribution is -0.121. The number of nitrogens with two attached hydrogens (primary N) is 1. The maximum Gasteiger partial charge on any atom is 0.339 e. The number of amides is 1. The fourth-order valence-electron chi connectivity index (χ4n) is 2.96. The Morgan fingerprint density at radius 2 is 1.96 bits per heavy atom. The molecule has 8 heteroatoms. The molecule has 0 fully saturated rings. The number of pyridine rings is 1. The van der Waals surface area contributed by atoms with Crippen LogP contribution in [0.4, 0.5) is 0 Å². The molecule has 0 bridgehead atoms. The van der Waals surface area contributed by atoms with E-state index >= 15 is 0 Å². The van der Waals surface area contributed by atoms with Crippen molar-refractivity contribution < 1.29 is 14.3 Å². The van der Waals surface area contributed by atoms with E-state index < -0.39 is 18.5 Å². The average molecular weight is 392 g/mol. The summed E-state index contributed by atoms with van der Waals surface area (Å²) in [7, 11) is 0. The van der Waals surface area contributed by atoms with Gasteiger partial charge in [0, 0.05) is 0 Å². The van der Waals surface area contributed by atoms with Gasteiger partial charge in [-0.3, -0.25) is 4.79 Å². The molecule has 0 spiro atoms. The molecule has 4 aromatic rings. The van der Waals surface area contributed by atoms with Crippen molar-refractivity contribution in [3.8, 4) is 16.3 Å². The van der Waals surface area contributed by atoms with E-state index in [1.54, 1.807) is 17.7 Å². The van der Waals surface area contributed by atoms with E-state index in [-0.39, 0.29) is 0 Å². The molecular formula is C20H16N4O3S. The number of carbonyl (C=O) groups excluding carboxylic acids is 2. The van der Waals surface area contributed by atoms with Gasteiger partial charge in [0.05, 0.1) is 32.9 Å². The second-order valence-corrected chi connectivity index (χ2v) is 7.05. The van der Waals surface area contributed by atoms with Crippen molar-refractivity contribution >= 4 is 34.2 Å². The molecule has 0 saturated carbocycles. The van der Waals surface area contributed by atoms with Crippen LogP contribution >= 0.6 is 11.3 Å². The molecule has 140 valence electrons. The van der Waals surface area contributed by atoms with Crippen LogP contribution < -0.4 is 5.73 Å².